The number of nitrogens with one attached hydrogen (secondary N) is 1. The number of piperidine rings is 1. The van der Waals surface area contributed by atoms with Crippen LogP contribution in [0.1, 0.15) is 18.4 Å². The largest absolute Gasteiger partial charge is 0.314 e. The first-order valence-corrected chi connectivity index (χ1v) is 8.61. The number of rotatable bonds is 4. The zero-order chi connectivity index (χ0) is 16.2. The van der Waals surface area contributed by atoms with Crippen LogP contribution in [-0.4, -0.2) is 60.0 Å². The summed E-state index contributed by atoms with van der Waals surface area (Å²) < 4.78 is 0. The average Bonchev–Trinajstić information content (AvgIpc) is 2.57. The van der Waals surface area contributed by atoms with Crippen LogP contribution in [0.2, 0.25) is 5.02 Å². The molecule has 7 heteroatoms. The highest BCUT2D eigenvalue weighted by atomic mass is 35.5. The second kappa shape index (κ2) is 7.57. The Hall–Kier alpha value is -1.21. The second-order valence-corrected chi connectivity index (χ2v) is 6.77. The Morgan fingerprint density at radius 1 is 1.30 bits per heavy atom. The normalized spacial score (nSPS) is 23.8. The van der Waals surface area contributed by atoms with Gasteiger partial charge in [-0.1, -0.05) is 17.7 Å². The van der Waals surface area contributed by atoms with E-state index in [-0.39, 0.29) is 10.7 Å². The lowest BCUT2D eigenvalue weighted by Crippen LogP contribution is -2.53. The molecule has 1 N–H and O–H groups in total. The van der Waals surface area contributed by atoms with Crippen molar-refractivity contribution >= 4 is 17.3 Å². The van der Waals surface area contributed by atoms with Gasteiger partial charge in [-0.3, -0.25) is 19.9 Å². The molecule has 2 aliphatic heterocycles. The van der Waals surface area contributed by atoms with Gasteiger partial charge in [0, 0.05) is 51.4 Å². The van der Waals surface area contributed by atoms with E-state index in [0.717, 1.165) is 51.4 Å². The summed E-state index contributed by atoms with van der Waals surface area (Å²) in [5, 5.41) is 14.6. The van der Waals surface area contributed by atoms with Gasteiger partial charge in [-0.15, -0.1) is 0 Å². The SMILES string of the molecule is O=[N+]([O-])c1cc(CN2CCCC(N3CCNCC3)C2)ccc1Cl. The van der Waals surface area contributed by atoms with Gasteiger partial charge in [-0.2, -0.15) is 0 Å². The van der Waals surface area contributed by atoms with E-state index in [1.807, 2.05) is 6.07 Å². The molecule has 1 atom stereocenters. The highest BCUT2D eigenvalue weighted by Gasteiger charge is 2.26. The number of piperazine rings is 1. The minimum atomic E-state index is -0.411. The zero-order valence-corrected chi connectivity index (χ0v) is 14.0. The van der Waals surface area contributed by atoms with Crippen molar-refractivity contribution in [2.75, 3.05) is 39.3 Å². The van der Waals surface area contributed by atoms with Crippen LogP contribution in [0, 0.1) is 10.1 Å². The van der Waals surface area contributed by atoms with Gasteiger partial charge >= 0.3 is 0 Å². The third-order valence-corrected chi connectivity index (χ3v) is 5.08. The highest BCUT2D eigenvalue weighted by molar-refractivity contribution is 6.32. The molecule has 0 spiro atoms. The van der Waals surface area contributed by atoms with Gasteiger partial charge in [0.1, 0.15) is 5.02 Å². The Labute approximate surface area is 141 Å². The fraction of sp³-hybridized carbons (Fsp3) is 0.625. The molecule has 0 saturated carbocycles. The summed E-state index contributed by atoms with van der Waals surface area (Å²) in [5.41, 5.74) is 0.960. The maximum Gasteiger partial charge on any atom is 0.288 e. The van der Waals surface area contributed by atoms with Crippen molar-refractivity contribution in [1.82, 2.24) is 15.1 Å². The lowest BCUT2D eigenvalue weighted by atomic mass is 10.0. The topological polar surface area (TPSA) is 61.7 Å². The number of nitro benzene ring substituents is 1. The van der Waals surface area contributed by atoms with Crippen LogP contribution < -0.4 is 5.32 Å². The first-order chi connectivity index (χ1) is 11.1. The number of nitro groups is 1. The van der Waals surface area contributed by atoms with Gasteiger partial charge in [0.25, 0.3) is 5.69 Å². The smallest absolute Gasteiger partial charge is 0.288 e. The van der Waals surface area contributed by atoms with Gasteiger partial charge < -0.3 is 5.32 Å². The van der Waals surface area contributed by atoms with E-state index in [2.05, 4.69) is 15.1 Å². The lowest BCUT2D eigenvalue weighted by molar-refractivity contribution is -0.384. The van der Waals surface area contributed by atoms with Crippen LogP contribution in [0.5, 0.6) is 0 Å². The van der Waals surface area contributed by atoms with Crippen molar-refractivity contribution in [3.63, 3.8) is 0 Å². The molecule has 1 unspecified atom stereocenters. The summed E-state index contributed by atoms with van der Waals surface area (Å²) in [6, 6.07) is 5.74. The van der Waals surface area contributed by atoms with Crippen molar-refractivity contribution in [2.45, 2.75) is 25.4 Å². The Bertz CT molecular complexity index is 563. The Balaban J connectivity index is 1.63. The molecule has 0 radical (unpaired) electrons. The lowest BCUT2D eigenvalue weighted by Gasteiger charge is -2.41. The molecule has 126 valence electrons. The van der Waals surface area contributed by atoms with Gasteiger partial charge in [-0.25, -0.2) is 0 Å². The molecule has 2 aliphatic rings. The van der Waals surface area contributed by atoms with Crippen molar-refractivity contribution < 1.29 is 4.92 Å². The van der Waals surface area contributed by atoms with E-state index in [1.54, 1.807) is 12.1 Å². The molecule has 2 fully saturated rings. The van der Waals surface area contributed by atoms with Crippen LogP contribution in [0.4, 0.5) is 5.69 Å². The highest BCUT2D eigenvalue weighted by Crippen LogP contribution is 2.26. The molecule has 0 aliphatic carbocycles. The molecule has 2 heterocycles. The molecular weight excluding hydrogens is 316 g/mol. The summed E-state index contributed by atoms with van der Waals surface area (Å²) in [6.07, 6.45) is 2.43. The van der Waals surface area contributed by atoms with Crippen LogP contribution in [0.25, 0.3) is 0 Å². The summed E-state index contributed by atoms with van der Waals surface area (Å²) in [7, 11) is 0. The minimum Gasteiger partial charge on any atom is -0.314 e. The molecular formula is C16H23ClN4O2. The molecule has 6 nitrogen and oxygen atoms in total. The summed E-state index contributed by atoms with van der Waals surface area (Å²) in [4.78, 5) is 15.6. The predicted molar refractivity (Wildman–Crippen MR) is 90.8 cm³/mol. The maximum atomic E-state index is 11.0. The predicted octanol–water partition coefficient (Wildman–Crippen LogP) is 2.12. The maximum absolute atomic E-state index is 11.0. The van der Waals surface area contributed by atoms with Crippen molar-refractivity contribution in [1.29, 1.82) is 0 Å². The fourth-order valence-corrected chi connectivity index (χ4v) is 3.76. The number of nitrogens with zero attached hydrogens (tertiary/aromatic N) is 3. The Morgan fingerprint density at radius 3 is 2.83 bits per heavy atom. The van der Waals surface area contributed by atoms with Crippen LogP contribution in [-0.2, 0) is 6.54 Å². The monoisotopic (exact) mass is 338 g/mol. The van der Waals surface area contributed by atoms with Crippen LogP contribution in [0.3, 0.4) is 0 Å². The van der Waals surface area contributed by atoms with Gasteiger partial charge in [0.2, 0.25) is 0 Å². The molecule has 1 aromatic carbocycles. The quantitative estimate of drug-likeness (QED) is 0.673. The van der Waals surface area contributed by atoms with Gasteiger partial charge in [-0.05, 0) is 31.0 Å². The Kier molecular flexibility index (Phi) is 5.48. The molecule has 3 rings (SSSR count). The third-order valence-electron chi connectivity index (χ3n) is 4.76. The van der Waals surface area contributed by atoms with Gasteiger partial charge in [0.15, 0.2) is 0 Å². The summed E-state index contributed by atoms with van der Waals surface area (Å²) in [6.45, 7) is 7.21. The number of halogens is 1. The third kappa shape index (κ3) is 4.20. The first-order valence-electron chi connectivity index (χ1n) is 8.23. The summed E-state index contributed by atoms with van der Waals surface area (Å²) >= 11 is 5.89. The van der Waals surface area contributed by atoms with E-state index in [0.29, 0.717) is 6.04 Å². The average molecular weight is 339 g/mol. The Morgan fingerprint density at radius 2 is 2.09 bits per heavy atom. The molecule has 0 bridgehead atoms. The second-order valence-electron chi connectivity index (χ2n) is 6.36. The van der Waals surface area contributed by atoms with E-state index in [4.69, 9.17) is 11.6 Å². The number of hydrogen-bond acceptors (Lipinski definition) is 5. The number of hydrogen-bond donors (Lipinski definition) is 1. The fourth-order valence-electron chi connectivity index (χ4n) is 3.57. The van der Waals surface area contributed by atoms with Crippen molar-refractivity contribution in [3.05, 3.63) is 38.9 Å². The molecule has 0 aromatic heterocycles. The molecule has 1 aromatic rings. The van der Waals surface area contributed by atoms with Gasteiger partial charge in [0.05, 0.1) is 4.92 Å². The van der Waals surface area contributed by atoms with E-state index < -0.39 is 4.92 Å². The van der Waals surface area contributed by atoms with E-state index in [1.165, 1.54) is 12.8 Å². The van der Waals surface area contributed by atoms with E-state index in [9.17, 15) is 10.1 Å². The standard InChI is InChI=1S/C16H23ClN4O2/c17-15-4-3-13(10-16(15)21(22)23)11-19-7-1-2-14(12-19)20-8-5-18-6-9-20/h3-4,10,14,18H,1-2,5-9,11-12H2. The van der Waals surface area contributed by atoms with Crippen LogP contribution in [0.15, 0.2) is 18.2 Å². The molecule has 0 amide bonds. The van der Waals surface area contributed by atoms with Crippen molar-refractivity contribution in [3.8, 4) is 0 Å². The zero-order valence-electron chi connectivity index (χ0n) is 13.2. The number of benzene rings is 1. The number of likely N-dealkylation sites (tertiary alicyclic amines) is 1. The van der Waals surface area contributed by atoms with Crippen molar-refractivity contribution in [2.24, 2.45) is 0 Å². The van der Waals surface area contributed by atoms with Crippen LogP contribution >= 0.6 is 11.6 Å². The van der Waals surface area contributed by atoms with E-state index >= 15 is 0 Å². The molecule has 23 heavy (non-hydrogen) atoms. The summed E-state index contributed by atoms with van der Waals surface area (Å²) in [5.74, 6) is 0. The minimum absolute atomic E-state index is 0.000156. The first kappa shape index (κ1) is 16.6. The molecule has 2 saturated heterocycles.